The second-order valence-corrected chi connectivity index (χ2v) is 9.26. The number of hydrogen-bond donors (Lipinski definition) is 1. The third kappa shape index (κ3) is 4.05. The molecule has 3 heterocycles. The minimum absolute atomic E-state index is 0.000944. The molecule has 0 aromatic heterocycles. The maximum atomic E-state index is 13.4. The van der Waals surface area contributed by atoms with E-state index in [-0.39, 0.29) is 41.6 Å². The minimum atomic E-state index is -0.910. The Labute approximate surface area is 179 Å². The number of likely N-dealkylation sites (tertiary alicyclic amines) is 2. The molecule has 1 unspecified atom stereocenters. The van der Waals surface area contributed by atoms with Crippen molar-refractivity contribution in [2.45, 2.75) is 77.8 Å². The SMILES string of the molecule is CCC(CC)C(=O)N1CCCC(N2C(=O)NC3(CCN(C(=O)C(C)C)CC3)C2=O)C1. The maximum Gasteiger partial charge on any atom is 0.325 e. The molecule has 3 fully saturated rings. The molecule has 8 heteroatoms. The van der Waals surface area contributed by atoms with Gasteiger partial charge in [0.15, 0.2) is 0 Å². The first-order valence-corrected chi connectivity index (χ1v) is 11.5. The molecule has 0 saturated carbocycles. The van der Waals surface area contributed by atoms with E-state index in [1.807, 2.05) is 32.6 Å². The summed E-state index contributed by atoms with van der Waals surface area (Å²) < 4.78 is 0. The molecule has 0 aliphatic carbocycles. The van der Waals surface area contributed by atoms with Gasteiger partial charge in [0.05, 0.1) is 6.04 Å². The largest absolute Gasteiger partial charge is 0.342 e. The zero-order chi connectivity index (χ0) is 22.1. The second-order valence-electron chi connectivity index (χ2n) is 9.26. The van der Waals surface area contributed by atoms with E-state index in [1.54, 1.807) is 4.90 Å². The zero-order valence-electron chi connectivity index (χ0n) is 18.8. The number of nitrogens with one attached hydrogen (secondary N) is 1. The molecule has 0 bridgehead atoms. The number of rotatable bonds is 5. The quantitative estimate of drug-likeness (QED) is 0.689. The Morgan fingerprint density at radius 3 is 2.23 bits per heavy atom. The highest BCUT2D eigenvalue weighted by molar-refractivity contribution is 6.07. The standard InChI is InChI=1S/C22H36N4O4/c1-5-16(6-2)19(28)25-11-7-8-17(14-25)26-20(29)22(23-21(26)30)9-12-24(13-10-22)18(27)15(3)4/h15-17H,5-14H2,1-4H3,(H,23,30). The number of urea groups is 1. The molecule has 1 spiro atoms. The molecule has 30 heavy (non-hydrogen) atoms. The lowest BCUT2D eigenvalue weighted by atomic mass is 9.86. The summed E-state index contributed by atoms with van der Waals surface area (Å²) in [5, 5.41) is 2.94. The van der Waals surface area contributed by atoms with E-state index in [0.717, 1.165) is 25.7 Å². The summed E-state index contributed by atoms with van der Waals surface area (Å²) in [7, 11) is 0. The molecule has 0 aromatic rings. The maximum absolute atomic E-state index is 13.4. The molecule has 3 rings (SSSR count). The molecule has 8 nitrogen and oxygen atoms in total. The van der Waals surface area contributed by atoms with Crippen LogP contribution >= 0.6 is 0 Å². The van der Waals surface area contributed by atoms with Crippen LogP contribution in [0.3, 0.4) is 0 Å². The second kappa shape index (κ2) is 8.94. The van der Waals surface area contributed by atoms with Crippen LogP contribution < -0.4 is 5.32 Å². The van der Waals surface area contributed by atoms with Gasteiger partial charge in [0.25, 0.3) is 5.91 Å². The van der Waals surface area contributed by atoms with Crippen LogP contribution in [-0.4, -0.2) is 76.2 Å². The molecule has 0 aromatic carbocycles. The van der Waals surface area contributed by atoms with Crippen LogP contribution in [0.5, 0.6) is 0 Å². The summed E-state index contributed by atoms with van der Waals surface area (Å²) in [5.41, 5.74) is -0.910. The summed E-state index contributed by atoms with van der Waals surface area (Å²) in [6.45, 7) is 9.83. The van der Waals surface area contributed by atoms with Gasteiger partial charge in [-0.2, -0.15) is 0 Å². The Balaban J connectivity index is 1.68. The van der Waals surface area contributed by atoms with Crippen LogP contribution in [0.15, 0.2) is 0 Å². The Kier molecular flexibility index (Phi) is 6.72. The molecule has 0 radical (unpaired) electrons. The number of carbonyl (C=O) groups is 4. The monoisotopic (exact) mass is 420 g/mol. The van der Waals surface area contributed by atoms with Crippen molar-refractivity contribution in [2.75, 3.05) is 26.2 Å². The van der Waals surface area contributed by atoms with Gasteiger partial charge >= 0.3 is 6.03 Å². The lowest BCUT2D eigenvalue weighted by Gasteiger charge is -2.40. The number of nitrogens with zero attached hydrogens (tertiary/aromatic N) is 3. The number of piperidine rings is 2. The molecule has 3 saturated heterocycles. The van der Waals surface area contributed by atoms with Gasteiger partial charge in [0.2, 0.25) is 11.8 Å². The highest BCUT2D eigenvalue weighted by Crippen LogP contribution is 2.33. The number of imide groups is 1. The van der Waals surface area contributed by atoms with Crippen molar-refractivity contribution in [3.63, 3.8) is 0 Å². The smallest absolute Gasteiger partial charge is 0.325 e. The number of amides is 5. The molecule has 5 amide bonds. The molecule has 1 atom stereocenters. The topological polar surface area (TPSA) is 90.0 Å². The molecular weight excluding hydrogens is 384 g/mol. The summed E-state index contributed by atoms with van der Waals surface area (Å²) in [6.07, 6.45) is 3.99. The van der Waals surface area contributed by atoms with Crippen LogP contribution in [0.4, 0.5) is 4.79 Å². The zero-order valence-corrected chi connectivity index (χ0v) is 18.8. The van der Waals surface area contributed by atoms with Crippen molar-refractivity contribution in [3.05, 3.63) is 0 Å². The van der Waals surface area contributed by atoms with Gasteiger partial charge in [-0.25, -0.2) is 4.79 Å². The Hall–Kier alpha value is -2.12. The first-order chi connectivity index (χ1) is 14.2. The number of carbonyl (C=O) groups excluding carboxylic acids is 4. The fourth-order valence-electron chi connectivity index (χ4n) is 5.05. The van der Waals surface area contributed by atoms with Gasteiger partial charge in [-0.3, -0.25) is 19.3 Å². The first-order valence-electron chi connectivity index (χ1n) is 11.5. The average molecular weight is 421 g/mol. The first kappa shape index (κ1) is 22.6. The van der Waals surface area contributed by atoms with Gasteiger partial charge < -0.3 is 15.1 Å². The van der Waals surface area contributed by atoms with Crippen molar-refractivity contribution in [1.29, 1.82) is 0 Å². The van der Waals surface area contributed by atoms with Gasteiger partial charge in [0, 0.05) is 38.0 Å². The van der Waals surface area contributed by atoms with Crippen LogP contribution in [0.2, 0.25) is 0 Å². The highest BCUT2D eigenvalue weighted by atomic mass is 16.2. The summed E-state index contributed by atoms with van der Waals surface area (Å²) in [5.74, 6) is -0.0504. The fraction of sp³-hybridized carbons (Fsp3) is 0.818. The lowest BCUT2D eigenvalue weighted by Crippen LogP contribution is -2.57. The average Bonchev–Trinajstić information content (AvgIpc) is 2.98. The third-order valence-corrected chi connectivity index (χ3v) is 7.02. The van der Waals surface area contributed by atoms with Crippen molar-refractivity contribution < 1.29 is 19.2 Å². The third-order valence-electron chi connectivity index (χ3n) is 7.02. The molecule has 1 N–H and O–H groups in total. The predicted octanol–water partition coefficient (Wildman–Crippen LogP) is 1.98. The Morgan fingerprint density at radius 2 is 1.67 bits per heavy atom. The van der Waals surface area contributed by atoms with E-state index in [0.29, 0.717) is 39.0 Å². The van der Waals surface area contributed by atoms with Gasteiger partial charge in [-0.05, 0) is 38.5 Å². The molecular formula is C22H36N4O4. The van der Waals surface area contributed by atoms with Crippen molar-refractivity contribution >= 4 is 23.8 Å². The van der Waals surface area contributed by atoms with Crippen LogP contribution in [0, 0.1) is 11.8 Å². The van der Waals surface area contributed by atoms with E-state index in [9.17, 15) is 19.2 Å². The van der Waals surface area contributed by atoms with Crippen molar-refractivity contribution in [2.24, 2.45) is 11.8 Å². The molecule has 3 aliphatic rings. The Morgan fingerprint density at radius 1 is 1.03 bits per heavy atom. The van der Waals surface area contributed by atoms with Gasteiger partial charge in [-0.15, -0.1) is 0 Å². The summed E-state index contributed by atoms with van der Waals surface area (Å²) in [4.78, 5) is 56.3. The van der Waals surface area contributed by atoms with Crippen molar-refractivity contribution in [3.8, 4) is 0 Å². The minimum Gasteiger partial charge on any atom is -0.342 e. The fourth-order valence-corrected chi connectivity index (χ4v) is 5.05. The summed E-state index contributed by atoms with van der Waals surface area (Å²) >= 11 is 0. The van der Waals surface area contributed by atoms with Crippen molar-refractivity contribution in [1.82, 2.24) is 20.0 Å². The van der Waals surface area contributed by atoms with Gasteiger partial charge in [-0.1, -0.05) is 27.7 Å². The summed E-state index contributed by atoms with van der Waals surface area (Å²) in [6, 6.07) is -0.635. The van der Waals surface area contributed by atoms with Gasteiger partial charge in [0.1, 0.15) is 5.54 Å². The van der Waals surface area contributed by atoms with E-state index < -0.39 is 5.54 Å². The predicted molar refractivity (Wildman–Crippen MR) is 112 cm³/mol. The van der Waals surface area contributed by atoms with E-state index in [4.69, 9.17) is 0 Å². The molecule has 168 valence electrons. The molecule has 3 aliphatic heterocycles. The lowest BCUT2D eigenvalue weighted by molar-refractivity contribution is -0.143. The van der Waals surface area contributed by atoms with E-state index in [1.165, 1.54) is 4.90 Å². The van der Waals surface area contributed by atoms with E-state index in [2.05, 4.69) is 5.32 Å². The normalized spacial score (nSPS) is 24.2. The van der Waals surface area contributed by atoms with Crippen LogP contribution in [0.25, 0.3) is 0 Å². The number of hydrogen-bond acceptors (Lipinski definition) is 4. The Bertz CT molecular complexity index is 695. The van der Waals surface area contributed by atoms with Crippen LogP contribution in [-0.2, 0) is 14.4 Å². The van der Waals surface area contributed by atoms with E-state index >= 15 is 0 Å². The highest BCUT2D eigenvalue weighted by Gasteiger charge is 2.55. The van der Waals surface area contributed by atoms with Crippen LogP contribution in [0.1, 0.15) is 66.2 Å².